The molecule has 1 aliphatic heterocycles. The van der Waals surface area contributed by atoms with Gasteiger partial charge in [-0.25, -0.2) is 0 Å². The molecule has 1 unspecified atom stereocenters. The molecule has 8 heteroatoms. The lowest BCUT2D eigenvalue weighted by Gasteiger charge is -2.28. The van der Waals surface area contributed by atoms with E-state index in [0.29, 0.717) is 35.0 Å². The number of benzene rings is 1. The van der Waals surface area contributed by atoms with Crippen molar-refractivity contribution < 1.29 is 19.4 Å². The number of amides is 1. The highest BCUT2D eigenvalue weighted by Crippen LogP contribution is 2.39. The number of likely N-dealkylation sites (N-methyl/N-ethyl adjacent to an activating group) is 1. The quantitative estimate of drug-likeness (QED) is 0.382. The average Bonchev–Trinajstić information content (AvgIpc) is 3.04. The number of aromatic nitrogens is 1. The van der Waals surface area contributed by atoms with Crippen LogP contribution in [0.5, 0.6) is 5.75 Å². The molecule has 0 bridgehead atoms. The van der Waals surface area contributed by atoms with E-state index in [-0.39, 0.29) is 11.3 Å². The monoisotopic (exact) mass is 443 g/mol. The van der Waals surface area contributed by atoms with Gasteiger partial charge < -0.3 is 19.6 Å². The molecule has 0 radical (unpaired) electrons. The highest BCUT2D eigenvalue weighted by Gasteiger charge is 2.46. The van der Waals surface area contributed by atoms with E-state index < -0.39 is 17.7 Å². The first-order valence-corrected chi connectivity index (χ1v) is 10.5. The molecule has 164 valence electrons. The Morgan fingerprint density at radius 3 is 2.58 bits per heavy atom. The Kier molecular flexibility index (Phi) is 7.30. The maximum absolute atomic E-state index is 13.0. The Morgan fingerprint density at radius 2 is 2.00 bits per heavy atom. The van der Waals surface area contributed by atoms with Crippen LogP contribution in [-0.4, -0.2) is 64.9 Å². The second kappa shape index (κ2) is 9.94. The minimum Gasteiger partial charge on any atom is -0.507 e. The van der Waals surface area contributed by atoms with Gasteiger partial charge in [0.05, 0.1) is 23.7 Å². The van der Waals surface area contributed by atoms with Crippen molar-refractivity contribution in [2.75, 3.05) is 33.3 Å². The van der Waals surface area contributed by atoms with Gasteiger partial charge in [-0.15, -0.1) is 0 Å². The summed E-state index contributed by atoms with van der Waals surface area (Å²) in [6.07, 6.45) is 3.23. The molecular weight excluding hydrogens is 418 g/mol. The molecule has 1 N–H and O–H groups in total. The number of rotatable bonds is 8. The highest BCUT2D eigenvalue weighted by atomic mass is 35.5. The highest BCUT2D eigenvalue weighted by molar-refractivity contribution is 6.46. The number of hydrogen-bond donors (Lipinski definition) is 1. The van der Waals surface area contributed by atoms with Gasteiger partial charge >= 0.3 is 0 Å². The first-order valence-electron chi connectivity index (χ1n) is 10.2. The van der Waals surface area contributed by atoms with Crippen LogP contribution in [0.3, 0.4) is 0 Å². The SMILES string of the molecule is CCN(CC)CCN1C(=O)C(=O)/C(=C(\O)c2ccc(OC)c(Cl)c2)C1c1cccnc1. The van der Waals surface area contributed by atoms with Crippen LogP contribution in [0.25, 0.3) is 5.76 Å². The van der Waals surface area contributed by atoms with Gasteiger partial charge in [0, 0.05) is 31.0 Å². The van der Waals surface area contributed by atoms with Gasteiger partial charge in [0.25, 0.3) is 11.7 Å². The average molecular weight is 444 g/mol. The molecule has 31 heavy (non-hydrogen) atoms. The molecule has 2 heterocycles. The lowest BCUT2D eigenvalue weighted by atomic mass is 9.96. The first-order chi connectivity index (χ1) is 14.9. The molecule has 2 aromatic rings. The normalized spacial score (nSPS) is 18.1. The number of aliphatic hydroxyl groups is 1. The van der Waals surface area contributed by atoms with Crippen molar-refractivity contribution in [2.24, 2.45) is 0 Å². The van der Waals surface area contributed by atoms with Crippen molar-refractivity contribution in [1.82, 2.24) is 14.8 Å². The van der Waals surface area contributed by atoms with E-state index in [9.17, 15) is 14.7 Å². The number of nitrogens with zero attached hydrogens (tertiary/aromatic N) is 3. The smallest absolute Gasteiger partial charge is 0.295 e. The molecule has 1 saturated heterocycles. The zero-order chi connectivity index (χ0) is 22.5. The van der Waals surface area contributed by atoms with E-state index in [2.05, 4.69) is 9.88 Å². The summed E-state index contributed by atoms with van der Waals surface area (Å²) in [6.45, 7) is 6.73. The van der Waals surface area contributed by atoms with Crippen molar-refractivity contribution in [3.8, 4) is 5.75 Å². The maximum Gasteiger partial charge on any atom is 0.295 e. The zero-order valence-corrected chi connectivity index (χ0v) is 18.6. The number of aliphatic hydroxyl groups excluding tert-OH is 1. The molecule has 0 aliphatic carbocycles. The molecule has 3 rings (SSSR count). The maximum atomic E-state index is 13.0. The van der Waals surface area contributed by atoms with E-state index in [1.54, 1.807) is 36.7 Å². The van der Waals surface area contributed by atoms with Crippen molar-refractivity contribution in [1.29, 1.82) is 0 Å². The largest absolute Gasteiger partial charge is 0.507 e. The standard InChI is InChI=1S/C23H26ClN3O4/c1-4-26(5-2)11-12-27-20(16-7-6-10-25-14-16)19(22(29)23(27)30)21(28)15-8-9-18(31-3)17(24)13-15/h6-10,13-14,20,28H,4-5,11-12H2,1-3H3/b21-19-. The molecule has 1 fully saturated rings. The molecule has 1 aromatic heterocycles. The molecule has 1 aromatic carbocycles. The third-order valence-corrected chi connectivity index (χ3v) is 5.81. The van der Waals surface area contributed by atoms with Crippen LogP contribution in [-0.2, 0) is 9.59 Å². The number of carbonyl (C=O) groups excluding carboxylic acids is 2. The van der Waals surface area contributed by atoms with Crippen LogP contribution in [0.4, 0.5) is 0 Å². The summed E-state index contributed by atoms with van der Waals surface area (Å²) in [5.41, 5.74) is 1.02. The number of ketones is 1. The number of carbonyl (C=O) groups is 2. The van der Waals surface area contributed by atoms with Gasteiger partial charge in [-0.05, 0) is 42.9 Å². The summed E-state index contributed by atoms with van der Waals surface area (Å²) in [5, 5.41) is 11.4. The predicted octanol–water partition coefficient (Wildman–Crippen LogP) is 3.51. The summed E-state index contributed by atoms with van der Waals surface area (Å²) in [4.78, 5) is 33.8. The van der Waals surface area contributed by atoms with Crippen LogP contribution in [0.1, 0.15) is 31.0 Å². The predicted molar refractivity (Wildman–Crippen MR) is 119 cm³/mol. The summed E-state index contributed by atoms with van der Waals surface area (Å²) >= 11 is 6.21. The van der Waals surface area contributed by atoms with E-state index in [1.165, 1.54) is 18.1 Å². The van der Waals surface area contributed by atoms with Crippen LogP contribution < -0.4 is 4.74 Å². The van der Waals surface area contributed by atoms with Crippen molar-refractivity contribution in [3.63, 3.8) is 0 Å². The fourth-order valence-corrected chi connectivity index (χ4v) is 4.01. The van der Waals surface area contributed by atoms with Gasteiger partial charge in [0.15, 0.2) is 0 Å². The Hall–Kier alpha value is -2.90. The van der Waals surface area contributed by atoms with Crippen molar-refractivity contribution >= 4 is 29.1 Å². The van der Waals surface area contributed by atoms with Gasteiger partial charge in [-0.3, -0.25) is 14.6 Å². The number of hydrogen-bond acceptors (Lipinski definition) is 6. The van der Waals surface area contributed by atoms with E-state index in [0.717, 1.165) is 13.1 Å². The van der Waals surface area contributed by atoms with Crippen LogP contribution >= 0.6 is 11.6 Å². The van der Waals surface area contributed by atoms with E-state index >= 15 is 0 Å². The van der Waals surface area contributed by atoms with E-state index in [4.69, 9.17) is 16.3 Å². The second-order valence-corrected chi connectivity index (χ2v) is 7.56. The fraction of sp³-hybridized carbons (Fsp3) is 0.348. The third kappa shape index (κ3) is 4.57. The topological polar surface area (TPSA) is 83.0 Å². The summed E-state index contributed by atoms with van der Waals surface area (Å²) in [7, 11) is 1.49. The Morgan fingerprint density at radius 1 is 1.26 bits per heavy atom. The summed E-state index contributed by atoms with van der Waals surface area (Å²) in [5.74, 6) is -1.19. The number of Topliss-reactive ketones (excluding diaryl/α,β-unsaturated/α-hetero) is 1. The second-order valence-electron chi connectivity index (χ2n) is 7.16. The summed E-state index contributed by atoms with van der Waals surface area (Å²) < 4.78 is 5.15. The molecule has 1 amide bonds. The number of halogens is 1. The first kappa shape index (κ1) is 22.8. The number of ether oxygens (including phenoxy) is 1. The van der Waals surface area contributed by atoms with Gasteiger partial charge in [0.1, 0.15) is 11.5 Å². The fourth-order valence-electron chi connectivity index (χ4n) is 3.75. The Balaban J connectivity index is 2.08. The molecule has 0 saturated carbocycles. The number of pyridine rings is 1. The third-order valence-electron chi connectivity index (χ3n) is 5.52. The van der Waals surface area contributed by atoms with Gasteiger partial charge in [0.2, 0.25) is 0 Å². The minimum atomic E-state index is -0.731. The zero-order valence-electron chi connectivity index (χ0n) is 17.8. The Labute approximate surface area is 186 Å². The summed E-state index contributed by atoms with van der Waals surface area (Å²) in [6, 6.07) is 7.52. The van der Waals surface area contributed by atoms with Crippen LogP contribution in [0.15, 0.2) is 48.3 Å². The molecule has 0 spiro atoms. The number of methoxy groups -OCH3 is 1. The van der Waals surface area contributed by atoms with Gasteiger partial charge in [-0.2, -0.15) is 0 Å². The lowest BCUT2D eigenvalue weighted by molar-refractivity contribution is -0.140. The van der Waals surface area contributed by atoms with Crippen molar-refractivity contribution in [2.45, 2.75) is 19.9 Å². The van der Waals surface area contributed by atoms with E-state index in [1.807, 2.05) is 13.8 Å². The molecule has 1 aliphatic rings. The minimum absolute atomic E-state index is 0.0266. The van der Waals surface area contributed by atoms with Crippen LogP contribution in [0, 0.1) is 0 Å². The van der Waals surface area contributed by atoms with Crippen molar-refractivity contribution in [3.05, 3.63) is 64.4 Å². The lowest BCUT2D eigenvalue weighted by Crippen LogP contribution is -2.38. The molecule has 1 atom stereocenters. The van der Waals surface area contributed by atoms with Gasteiger partial charge in [-0.1, -0.05) is 31.5 Å². The Bertz CT molecular complexity index is 990. The molecular formula is C23H26ClN3O4. The molecule has 7 nitrogen and oxygen atoms in total. The number of likely N-dealkylation sites (tertiary alicyclic amines) is 1. The van der Waals surface area contributed by atoms with Crippen LogP contribution in [0.2, 0.25) is 5.02 Å².